The fraction of sp³-hybridized carbons (Fsp3) is 0.817. The number of allylic oxidation sites excluding steroid dienone is 8. The SMILES string of the molecule is CC/C=C\C/C=C\C/C=C\C/C=C\CCCCCCCCCCC(=O)OCC(COC(=O)CCCCCCCCCCCCC)OC(=O)CCCCCCCCCCCCCCCCCC. The lowest BCUT2D eigenvalue weighted by Gasteiger charge is -2.18. The highest BCUT2D eigenvalue weighted by molar-refractivity contribution is 5.71. The van der Waals surface area contributed by atoms with Gasteiger partial charge in [0.1, 0.15) is 13.2 Å². The average molecular weight is 926 g/mol. The van der Waals surface area contributed by atoms with Crippen molar-refractivity contribution in [1.82, 2.24) is 0 Å². The Hall–Kier alpha value is -2.63. The van der Waals surface area contributed by atoms with Gasteiger partial charge in [-0.2, -0.15) is 0 Å². The molecule has 1 unspecified atom stereocenters. The lowest BCUT2D eigenvalue weighted by molar-refractivity contribution is -0.167. The van der Waals surface area contributed by atoms with Crippen LogP contribution in [0.2, 0.25) is 0 Å². The third-order valence-corrected chi connectivity index (χ3v) is 12.6. The Morgan fingerprint density at radius 2 is 0.591 bits per heavy atom. The molecule has 6 nitrogen and oxygen atoms in total. The molecule has 384 valence electrons. The molecule has 0 heterocycles. The van der Waals surface area contributed by atoms with Crippen molar-refractivity contribution >= 4 is 17.9 Å². The summed E-state index contributed by atoms with van der Waals surface area (Å²) in [5.41, 5.74) is 0. The van der Waals surface area contributed by atoms with E-state index in [4.69, 9.17) is 14.2 Å². The molecule has 66 heavy (non-hydrogen) atoms. The van der Waals surface area contributed by atoms with E-state index in [1.165, 1.54) is 167 Å². The Labute approximate surface area is 409 Å². The van der Waals surface area contributed by atoms with Gasteiger partial charge in [-0.1, -0.05) is 268 Å². The quantitative estimate of drug-likeness (QED) is 0.0262. The molecule has 1 atom stereocenters. The molecule has 0 radical (unpaired) electrons. The van der Waals surface area contributed by atoms with E-state index in [1.54, 1.807) is 0 Å². The van der Waals surface area contributed by atoms with E-state index in [-0.39, 0.29) is 31.1 Å². The van der Waals surface area contributed by atoms with Crippen LogP contribution in [-0.2, 0) is 28.6 Å². The van der Waals surface area contributed by atoms with Crippen LogP contribution in [-0.4, -0.2) is 37.2 Å². The summed E-state index contributed by atoms with van der Waals surface area (Å²) in [6, 6.07) is 0. The smallest absolute Gasteiger partial charge is 0.306 e. The van der Waals surface area contributed by atoms with Crippen molar-refractivity contribution in [3.05, 3.63) is 48.6 Å². The monoisotopic (exact) mass is 925 g/mol. The number of unbranched alkanes of at least 4 members (excludes halogenated alkanes) is 33. The van der Waals surface area contributed by atoms with E-state index >= 15 is 0 Å². The third kappa shape index (κ3) is 52.3. The third-order valence-electron chi connectivity index (χ3n) is 12.6. The van der Waals surface area contributed by atoms with Crippen LogP contribution < -0.4 is 0 Å². The number of carbonyl (C=O) groups excluding carboxylic acids is 3. The summed E-state index contributed by atoms with van der Waals surface area (Å²) < 4.78 is 16.9. The molecular weight excluding hydrogens is 817 g/mol. The molecule has 0 N–H and O–H groups in total. The average Bonchev–Trinajstić information content (AvgIpc) is 3.31. The molecule has 0 aromatic heterocycles. The first-order chi connectivity index (χ1) is 32.5. The van der Waals surface area contributed by atoms with E-state index in [1.807, 2.05) is 0 Å². The van der Waals surface area contributed by atoms with Crippen LogP contribution in [0.4, 0.5) is 0 Å². The Morgan fingerprint density at radius 1 is 0.318 bits per heavy atom. The molecule has 0 rings (SSSR count). The van der Waals surface area contributed by atoms with Crippen LogP contribution in [0.25, 0.3) is 0 Å². The van der Waals surface area contributed by atoms with Crippen LogP contribution in [0.1, 0.15) is 297 Å². The van der Waals surface area contributed by atoms with Gasteiger partial charge in [0.25, 0.3) is 0 Å². The van der Waals surface area contributed by atoms with Crippen molar-refractivity contribution in [2.45, 2.75) is 303 Å². The summed E-state index contributed by atoms with van der Waals surface area (Å²) >= 11 is 0. The van der Waals surface area contributed by atoms with E-state index in [0.717, 1.165) is 89.9 Å². The van der Waals surface area contributed by atoms with Crippen molar-refractivity contribution in [2.75, 3.05) is 13.2 Å². The van der Waals surface area contributed by atoms with Gasteiger partial charge in [0.15, 0.2) is 6.10 Å². The fourth-order valence-electron chi connectivity index (χ4n) is 8.32. The molecule has 0 spiro atoms. The van der Waals surface area contributed by atoms with Gasteiger partial charge in [-0.25, -0.2) is 0 Å². The first-order valence-corrected chi connectivity index (χ1v) is 28.6. The van der Waals surface area contributed by atoms with Crippen molar-refractivity contribution in [3.63, 3.8) is 0 Å². The Balaban J connectivity index is 4.30. The van der Waals surface area contributed by atoms with Gasteiger partial charge in [0, 0.05) is 19.3 Å². The molecule has 0 aromatic carbocycles. The van der Waals surface area contributed by atoms with Gasteiger partial charge >= 0.3 is 17.9 Å². The highest BCUT2D eigenvalue weighted by atomic mass is 16.6. The maximum atomic E-state index is 12.8. The number of carbonyl (C=O) groups is 3. The zero-order valence-corrected chi connectivity index (χ0v) is 44.0. The van der Waals surface area contributed by atoms with Gasteiger partial charge in [0.2, 0.25) is 0 Å². The van der Waals surface area contributed by atoms with Gasteiger partial charge in [-0.05, 0) is 57.8 Å². The largest absolute Gasteiger partial charge is 0.462 e. The number of rotatable bonds is 52. The molecule has 0 amide bonds. The minimum atomic E-state index is -0.772. The van der Waals surface area contributed by atoms with Gasteiger partial charge in [-0.15, -0.1) is 0 Å². The highest BCUT2D eigenvalue weighted by Gasteiger charge is 2.19. The predicted molar refractivity (Wildman–Crippen MR) is 284 cm³/mol. The summed E-state index contributed by atoms with van der Waals surface area (Å²) in [5.74, 6) is -0.864. The normalized spacial score (nSPS) is 12.3. The molecule has 0 bridgehead atoms. The zero-order chi connectivity index (χ0) is 47.9. The summed E-state index contributed by atoms with van der Waals surface area (Å²) in [6.07, 6.45) is 66.7. The summed E-state index contributed by atoms with van der Waals surface area (Å²) in [4.78, 5) is 38.1. The minimum absolute atomic E-state index is 0.0711. The van der Waals surface area contributed by atoms with Gasteiger partial charge in [0.05, 0.1) is 0 Å². The molecule has 0 aliphatic heterocycles. The Morgan fingerprint density at radius 3 is 0.924 bits per heavy atom. The lowest BCUT2D eigenvalue weighted by Crippen LogP contribution is -2.30. The second kappa shape index (κ2) is 55.0. The second-order valence-electron chi connectivity index (χ2n) is 19.2. The van der Waals surface area contributed by atoms with E-state index < -0.39 is 6.10 Å². The number of esters is 3. The fourth-order valence-corrected chi connectivity index (χ4v) is 8.32. The van der Waals surface area contributed by atoms with Crippen molar-refractivity contribution in [1.29, 1.82) is 0 Å². The van der Waals surface area contributed by atoms with Crippen LogP contribution in [0.15, 0.2) is 48.6 Å². The standard InChI is InChI=1S/C60H108O6/c1-4-7-10-13-16-19-22-24-26-28-29-30-31-32-34-35-38-41-44-47-50-53-59(62)65-56-57(55-64-58(61)52-49-46-43-40-37-21-18-15-12-9-6-3)66-60(63)54-51-48-45-42-39-36-33-27-25-23-20-17-14-11-8-5-2/h7,10,16,19,24,26,29-30,57H,4-6,8-9,11-15,17-18,20-23,25,27-28,31-56H2,1-3H3/b10-7-,19-16-,26-24-,30-29-. The highest BCUT2D eigenvalue weighted by Crippen LogP contribution is 2.16. The van der Waals surface area contributed by atoms with Crippen molar-refractivity contribution in [2.24, 2.45) is 0 Å². The molecular formula is C60H108O6. The first kappa shape index (κ1) is 63.4. The Kier molecular flexibility index (Phi) is 52.8. The van der Waals surface area contributed by atoms with Crippen LogP contribution in [0.5, 0.6) is 0 Å². The first-order valence-electron chi connectivity index (χ1n) is 28.6. The zero-order valence-electron chi connectivity index (χ0n) is 44.0. The van der Waals surface area contributed by atoms with Gasteiger partial charge < -0.3 is 14.2 Å². The molecule has 0 aliphatic carbocycles. The van der Waals surface area contributed by atoms with E-state index in [0.29, 0.717) is 19.3 Å². The summed E-state index contributed by atoms with van der Waals surface area (Å²) in [5, 5.41) is 0. The van der Waals surface area contributed by atoms with E-state index in [9.17, 15) is 14.4 Å². The van der Waals surface area contributed by atoms with Crippen LogP contribution in [0.3, 0.4) is 0 Å². The maximum absolute atomic E-state index is 12.8. The minimum Gasteiger partial charge on any atom is -0.462 e. The number of hydrogen-bond acceptors (Lipinski definition) is 6. The lowest BCUT2D eigenvalue weighted by atomic mass is 10.0. The molecule has 0 aromatic rings. The molecule has 6 heteroatoms. The molecule has 0 aliphatic rings. The number of hydrogen-bond donors (Lipinski definition) is 0. The van der Waals surface area contributed by atoms with Crippen LogP contribution >= 0.6 is 0 Å². The maximum Gasteiger partial charge on any atom is 0.306 e. The van der Waals surface area contributed by atoms with Crippen molar-refractivity contribution in [3.8, 4) is 0 Å². The van der Waals surface area contributed by atoms with Gasteiger partial charge in [-0.3, -0.25) is 14.4 Å². The topological polar surface area (TPSA) is 78.9 Å². The van der Waals surface area contributed by atoms with Crippen LogP contribution in [0, 0.1) is 0 Å². The predicted octanol–water partition coefficient (Wildman–Crippen LogP) is 19.0. The molecule has 0 fully saturated rings. The molecule has 0 saturated heterocycles. The summed E-state index contributed by atoms with van der Waals surface area (Å²) in [7, 11) is 0. The van der Waals surface area contributed by atoms with Crippen molar-refractivity contribution < 1.29 is 28.6 Å². The number of ether oxygens (including phenoxy) is 3. The Bertz CT molecular complexity index is 1150. The summed E-state index contributed by atoms with van der Waals surface area (Å²) in [6.45, 7) is 6.55. The molecule has 0 saturated carbocycles. The van der Waals surface area contributed by atoms with E-state index in [2.05, 4.69) is 69.4 Å². The second-order valence-corrected chi connectivity index (χ2v) is 19.2.